The van der Waals surface area contributed by atoms with Crippen molar-refractivity contribution >= 4 is 17.6 Å². The first-order chi connectivity index (χ1) is 10.0. The minimum Gasteiger partial charge on any atom is -0.468 e. The second-order valence-electron chi connectivity index (χ2n) is 4.58. The van der Waals surface area contributed by atoms with Crippen molar-refractivity contribution in [2.45, 2.75) is 12.5 Å². The molecule has 0 N–H and O–H groups in total. The van der Waals surface area contributed by atoms with Gasteiger partial charge in [-0.2, -0.15) is 0 Å². The highest BCUT2D eigenvalue weighted by Gasteiger charge is 2.32. The fourth-order valence-electron chi connectivity index (χ4n) is 2.08. The van der Waals surface area contributed by atoms with Crippen LogP contribution >= 0.6 is 0 Å². The van der Waals surface area contributed by atoms with E-state index >= 15 is 0 Å². The van der Waals surface area contributed by atoms with E-state index < -0.39 is 17.9 Å². The third-order valence-corrected chi connectivity index (χ3v) is 3.38. The molecule has 0 aliphatic heterocycles. The first-order valence-corrected chi connectivity index (χ1v) is 6.61. The van der Waals surface area contributed by atoms with Crippen molar-refractivity contribution in [3.05, 3.63) is 43.0 Å². The van der Waals surface area contributed by atoms with Crippen molar-refractivity contribution in [2.24, 2.45) is 5.92 Å². The third-order valence-electron chi connectivity index (χ3n) is 3.38. The number of benzene rings is 1. The number of anilines is 1. The fourth-order valence-corrected chi connectivity index (χ4v) is 2.08. The summed E-state index contributed by atoms with van der Waals surface area (Å²) in [7, 11) is 4.39. The van der Waals surface area contributed by atoms with Crippen LogP contribution in [0.3, 0.4) is 0 Å². The average molecular weight is 291 g/mol. The van der Waals surface area contributed by atoms with E-state index in [0.29, 0.717) is 0 Å². The van der Waals surface area contributed by atoms with Gasteiger partial charge in [0.1, 0.15) is 0 Å². The molecule has 0 bridgehead atoms. The Morgan fingerprint density at radius 1 is 1.19 bits per heavy atom. The molecule has 0 amide bonds. The zero-order valence-corrected chi connectivity index (χ0v) is 12.6. The van der Waals surface area contributed by atoms with Crippen LogP contribution in [0.2, 0.25) is 0 Å². The third kappa shape index (κ3) is 4.34. The van der Waals surface area contributed by atoms with Gasteiger partial charge in [0.15, 0.2) is 5.92 Å². The number of esters is 2. The topological polar surface area (TPSA) is 55.8 Å². The Kier molecular flexibility index (Phi) is 6.46. The zero-order chi connectivity index (χ0) is 15.8. The number of ether oxygens (including phenoxy) is 2. The lowest BCUT2D eigenvalue weighted by Gasteiger charge is -2.29. The molecule has 1 atom stereocenters. The molecular formula is C16H21NO4. The number of para-hydroxylation sites is 1. The van der Waals surface area contributed by atoms with Crippen molar-refractivity contribution in [1.82, 2.24) is 0 Å². The van der Waals surface area contributed by atoms with Gasteiger partial charge in [0, 0.05) is 18.8 Å². The molecule has 1 rings (SSSR count). The standard InChI is InChI=1S/C16H21NO4/c1-5-12(17(2)13-9-7-6-8-10-13)11-14(15(18)20-3)16(19)21-4/h5-10,12,14H,1,11H2,2-4H3. The summed E-state index contributed by atoms with van der Waals surface area (Å²) >= 11 is 0. The molecule has 0 aliphatic carbocycles. The van der Waals surface area contributed by atoms with E-state index in [-0.39, 0.29) is 12.5 Å². The molecule has 5 heteroatoms. The number of carbonyl (C=O) groups is 2. The van der Waals surface area contributed by atoms with Gasteiger partial charge in [-0.3, -0.25) is 9.59 Å². The maximum atomic E-state index is 11.7. The first kappa shape index (κ1) is 16.8. The lowest BCUT2D eigenvalue weighted by atomic mass is 9.98. The Bertz CT molecular complexity index is 470. The Labute approximate surface area is 125 Å². The number of methoxy groups -OCH3 is 2. The highest BCUT2D eigenvalue weighted by atomic mass is 16.5. The molecular weight excluding hydrogens is 270 g/mol. The molecule has 0 fully saturated rings. The summed E-state index contributed by atoms with van der Waals surface area (Å²) in [6.07, 6.45) is 1.94. The number of rotatable bonds is 7. The van der Waals surface area contributed by atoms with Crippen LogP contribution in [-0.4, -0.2) is 39.2 Å². The Balaban J connectivity index is 2.90. The van der Waals surface area contributed by atoms with Gasteiger partial charge in [-0.25, -0.2) is 0 Å². The van der Waals surface area contributed by atoms with E-state index in [1.165, 1.54) is 14.2 Å². The van der Waals surface area contributed by atoms with Gasteiger partial charge in [0.05, 0.1) is 14.2 Å². The van der Waals surface area contributed by atoms with Crippen LogP contribution in [0.5, 0.6) is 0 Å². The Hall–Kier alpha value is -2.30. The molecule has 1 aromatic rings. The van der Waals surface area contributed by atoms with E-state index in [0.717, 1.165) is 5.69 Å². The molecule has 1 unspecified atom stereocenters. The molecule has 1 aromatic carbocycles. The van der Waals surface area contributed by atoms with Crippen LogP contribution in [0.25, 0.3) is 0 Å². The van der Waals surface area contributed by atoms with Crippen LogP contribution in [0.15, 0.2) is 43.0 Å². The SMILES string of the molecule is C=CC(CC(C(=O)OC)C(=O)OC)N(C)c1ccccc1. The summed E-state index contributed by atoms with van der Waals surface area (Å²) in [5.41, 5.74) is 0.968. The summed E-state index contributed by atoms with van der Waals surface area (Å²) < 4.78 is 9.35. The van der Waals surface area contributed by atoms with Crippen LogP contribution in [0.4, 0.5) is 5.69 Å². The van der Waals surface area contributed by atoms with E-state index in [1.54, 1.807) is 6.08 Å². The van der Waals surface area contributed by atoms with Crippen LogP contribution < -0.4 is 4.90 Å². The van der Waals surface area contributed by atoms with Gasteiger partial charge in [-0.1, -0.05) is 24.3 Å². The maximum Gasteiger partial charge on any atom is 0.320 e. The molecule has 114 valence electrons. The molecule has 5 nitrogen and oxygen atoms in total. The van der Waals surface area contributed by atoms with E-state index in [1.807, 2.05) is 42.3 Å². The second kappa shape index (κ2) is 8.09. The largest absolute Gasteiger partial charge is 0.468 e. The molecule has 0 aromatic heterocycles. The fraction of sp³-hybridized carbons (Fsp3) is 0.375. The van der Waals surface area contributed by atoms with Crippen LogP contribution in [0, 0.1) is 5.92 Å². The monoisotopic (exact) mass is 291 g/mol. The predicted octanol–water partition coefficient (Wildman–Crippen LogP) is 2.03. The van der Waals surface area contributed by atoms with Gasteiger partial charge in [0.2, 0.25) is 0 Å². The number of hydrogen-bond acceptors (Lipinski definition) is 5. The van der Waals surface area contributed by atoms with E-state index in [2.05, 4.69) is 16.1 Å². The number of nitrogens with zero attached hydrogens (tertiary/aromatic N) is 1. The van der Waals surface area contributed by atoms with Crippen LogP contribution in [0.1, 0.15) is 6.42 Å². The molecule has 21 heavy (non-hydrogen) atoms. The number of likely N-dealkylation sites (N-methyl/N-ethyl adjacent to an activating group) is 1. The van der Waals surface area contributed by atoms with Gasteiger partial charge in [-0.05, 0) is 18.6 Å². The highest BCUT2D eigenvalue weighted by Crippen LogP contribution is 2.21. The van der Waals surface area contributed by atoms with Crippen molar-refractivity contribution in [2.75, 3.05) is 26.2 Å². The van der Waals surface area contributed by atoms with Gasteiger partial charge in [-0.15, -0.1) is 6.58 Å². The maximum absolute atomic E-state index is 11.7. The molecule has 0 saturated carbocycles. The minimum atomic E-state index is -0.964. The molecule has 0 saturated heterocycles. The average Bonchev–Trinajstić information content (AvgIpc) is 2.54. The van der Waals surface area contributed by atoms with E-state index in [4.69, 9.17) is 0 Å². The number of hydrogen-bond donors (Lipinski definition) is 0. The van der Waals surface area contributed by atoms with Crippen molar-refractivity contribution in [3.63, 3.8) is 0 Å². The molecule has 0 radical (unpaired) electrons. The predicted molar refractivity (Wildman–Crippen MR) is 81.0 cm³/mol. The summed E-state index contributed by atoms with van der Waals surface area (Å²) in [5.74, 6) is -2.17. The van der Waals surface area contributed by atoms with E-state index in [9.17, 15) is 9.59 Å². The highest BCUT2D eigenvalue weighted by molar-refractivity contribution is 5.94. The smallest absolute Gasteiger partial charge is 0.320 e. The summed E-state index contributed by atoms with van der Waals surface area (Å²) in [5, 5.41) is 0. The first-order valence-electron chi connectivity index (χ1n) is 6.61. The molecule has 0 aliphatic rings. The van der Waals surface area contributed by atoms with Crippen molar-refractivity contribution in [1.29, 1.82) is 0 Å². The molecule has 0 heterocycles. The summed E-state index contributed by atoms with van der Waals surface area (Å²) in [6, 6.07) is 9.46. The minimum absolute atomic E-state index is 0.199. The van der Waals surface area contributed by atoms with Crippen molar-refractivity contribution in [3.8, 4) is 0 Å². The van der Waals surface area contributed by atoms with Crippen molar-refractivity contribution < 1.29 is 19.1 Å². The normalized spacial score (nSPS) is 11.6. The Morgan fingerprint density at radius 2 is 1.71 bits per heavy atom. The lowest BCUT2D eigenvalue weighted by Crippen LogP contribution is -2.37. The summed E-state index contributed by atoms with van der Waals surface area (Å²) in [6.45, 7) is 3.79. The lowest BCUT2D eigenvalue weighted by molar-refractivity contribution is -0.159. The van der Waals surface area contributed by atoms with Gasteiger partial charge < -0.3 is 14.4 Å². The van der Waals surface area contributed by atoms with Crippen LogP contribution in [-0.2, 0) is 19.1 Å². The summed E-state index contributed by atoms with van der Waals surface area (Å²) in [4.78, 5) is 25.4. The number of carbonyl (C=O) groups excluding carboxylic acids is 2. The van der Waals surface area contributed by atoms with Gasteiger partial charge >= 0.3 is 11.9 Å². The van der Waals surface area contributed by atoms with Gasteiger partial charge in [0.25, 0.3) is 0 Å². The molecule has 0 spiro atoms. The quantitative estimate of drug-likeness (QED) is 0.437. The second-order valence-corrected chi connectivity index (χ2v) is 4.58. The zero-order valence-electron chi connectivity index (χ0n) is 12.6. The Morgan fingerprint density at radius 3 is 2.14 bits per heavy atom.